The van der Waals surface area contributed by atoms with Crippen molar-refractivity contribution < 1.29 is 27.1 Å². The number of non-ortho nitro benzene ring substituents is 1. The minimum Gasteiger partial charge on any atom is -0.444 e. The number of amides is 1. The quantitative estimate of drug-likeness (QED) is 0.452. The smallest absolute Gasteiger partial charge is 0.410 e. The molecule has 0 saturated carbocycles. The summed E-state index contributed by atoms with van der Waals surface area (Å²) in [7, 11) is -4.07. The third-order valence-corrected chi connectivity index (χ3v) is 4.77. The van der Waals surface area contributed by atoms with Gasteiger partial charge in [0.15, 0.2) is 0 Å². The molecular weight excluding hydrogens is 352 g/mol. The van der Waals surface area contributed by atoms with Gasteiger partial charge in [0.25, 0.3) is 15.8 Å². The highest BCUT2D eigenvalue weighted by Gasteiger charge is 2.33. The molecule has 1 atom stereocenters. The molecule has 10 heteroatoms. The fourth-order valence-electron chi connectivity index (χ4n) is 2.27. The van der Waals surface area contributed by atoms with Gasteiger partial charge in [0.2, 0.25) is 0 Å². The van der Waals surface area contributed by atoms with Crippen LogP contribution >= 0.6 is 0 Å². The van der Waals surface area contributed by atoms with Crippen LogP contribution in [-0.2, 0) is 19.0 Å². The van der Waals surface area contributed by atoms with E-state index in [1.54, 1.807) is 20.8 Å². The summed E-state index contributed by atoms with van der Waals surface area (Å²) in [6, 6.07) is 4.43. The molecule has 1 aliphatic rings. The van der Waals surface area contributed by atoms with Gasteiger partial charge in [0.1, 0.15) is 5.60 Å². The minimum atomic E-state index is -4.07. The Morgan fingerprint density at radius 2 is 1.88 bits per heavy atom. The maximum atomic E-state index is 12.2. The molecule has 0 N–H and O–H groups in total. The lowest BCUT2D eigenvalue weighted by Gasteiger charge is -2.24. The van der Waals surface area contributed by atoms with E-state index < -0.39 is 32.8 Å². The molecule has 1 amide bonds. The molecule has 0 spiro atoms. The van der Waals surface area contributed by atoms with Crippen molar-refractivity contribution in [2.75, 3.05) is 13.1 Å². The molecule has 0 bridgehead atoms. The van der Waals surface area contributed by atoms with E-state index in [1.807, 2.05) is 0 Å². The number of nitro benzene ring substituents is 1. The van der Waals surface area contributed by atoms with Crippen molar-refractivity contribution in [3.05, 3.63) is 34.4 Å². The Labute approximate surface area is 145 Å². The average Bonchev–Trinajstić information content (AvgIpc) is 2.93. The Balaban J connectivity index is 2.00. The van der Waals surface area contributed by atoms with Gasteiger partial charge in [-0.05, 0) is 39.3 Å². The number of nitro groups is 1. The molecule has 1 aliphatic heterocycles. The molecule has 1 saturated heterocycles. The number of likely N-dealkylation sites (tertiary alicyclic amines) is 1. The lowest BCUT2D eigenvalue weighted by molar-refractivity contribution is -0.384. The fourth-order valence-corrected chi connectivity index (χ4v) is 3.36. The zero-order valence-corrected chi connectivity index (χ0v) is 15.0. The summed E-state index contributed by atoms with van der Waals surface area (Å²) in [6.45, 7) is 5.66. The van der Waals surface area contributed by atoms with Gasteiger partial charge in [-0.15, -0.1) is 0 Å². The molecule has 2 rings (SSSR count). The van der Waals surface area contributed by atoms with Crippen LogP contribution in [0.4, 0.5) is 10.5 Å². The standard InChI is InChI=1S/C15H20N2O7S/c1-15(2,3)23-14(18)16-9-8-12(10-16)24-25(21,22)13-6-4-11(5-7-13)17(19)20/h4-7,12H,8-10H2,1-3H3/t12-/m1/s1. The number of hydrogen-bond donors (Lipinski definition) is 0. The van der Waals surface area contributed by atoms with Gasteiger partial charge in [0, 0.05) is 18.7 Å². The SMILES string of the molecule is CC(C)(C)OC(=O)N1CC[C@@H](OS(=O)(=O)c2ccc([N+](=O)[O-])cc2)C1. The predicted molar refractivity (Wildman–Crippen MR) is 87.6 cm³/mol. The summed E-state index contributed by atoms with van der Waals surface area (Å²) < 4.78 is 34.9. The van der Waals surface area contributed by atoms with Crippen LogP contribution in [0.5, 0.6) is 0 Å². The molecule has 25 heavy (non-hydrogen) atoms. The number of benzene rings is 1. The highest BCUT2D eigenvalue weighted by Crippen LogP contribution is 2.23. The fraction of sp³-hybridized carbons (Fsp3) is 0.533. The molecule has 1 fully saturated rings. The normalized spacial score (nSPS) is 18.2. The van der Waals surface area contributed by atoms with Crippen molar-refractivity contribution in [2.45, 2.75) is 43.8 Å². The van der Waals surface area contributed by atoms with Gasteiger partial charge in [-0.3, -0.25) is 14.3 Å². The first-order chi connectivity index (χ1) is 11.5. The highest BCUT2D eigenvalue weighted by atomic mass is 32.2. The Hall–Kier alpha value is -2.20. The van der Waals surface area contributed by atoms with Crippen molar-refractivity contribution >= 4 is 21.9 Å². The van der Waals surface area contributed by atoms with E-state index in [0.29, 0.717) is 13.0 Å². The lowest BCUT2D eigenvalue weighted by atomic mass is 10.2. The second-order valence-electron chi connectivity index (χ2n) is 6.64. The minimum absolute atomic E-state index is 0.0983. The van der Waals surface area contributed by atoms with Crippen molar-refractivity contribution in [2.24, 2.45) is 0 Å². The van der Waals surface area contributed by atoms with Crippen LogP contribution in [0.15, 0.2) is 29.2 Å². The largest absolute Gasteiger partial charge is 0.444 e. The number of carbonyl (C=O) groups excluding carboxylic acids is 1. The van der Waals surface area contributed by atoms with Gasteiger partial charge < -0.3 is 9.64 Å². The molecule has 1 heterocycles. The summed E-state index contributed by atoms with van der Waals surface area (Å²) in [6.07, 6.45) is -0.857. The van der Waals surface area contributed by atoms with Gasteiger partial charge in [-0.2, -0.15) is 8.42 Å². The topological polar surface area (TPSA) is 116 Å². The summed E-state index contributed by atoms with van der Waals surface area (Å²) >= 11 is 0. The van der Waals surface area contributed by atoms with E-state index in [4.69, 9.17) is 8.92 Å². The Morgan fingerprint density at radius 3 is 2.40 bits per heavy atom. The molecule has 0 radical (unpaired) electrons. The van der Waals surface area contributed by atoms with E-state index in [-0.39, 0.29) is 17.1 Å². The molecule has 1 aromatic rings. The molecule has 0 unspecified atom stereocenters. The zero-order valence-electron chi connectivity index (χ0n) is 14.2. The van der Waals surface area contributed by atoms with E-state index in [2.05, 4.69) is 0 Å². The first-order valence-corrected chi connectivity index (χ1v) is 9.04. The van der Waals surface area contributed by atoms with E-state index in [9.17, 15) is 23.3 Å². The number of rotatable bonds is 4. The van der Waals surface area contributed by atoms with Crippen molar-refractivity contribution in [1.82, 2.24) is 4.90 Å². The van der Waals surface area contributed by atoms with Gasteiger partial charge >= 0.3 is 6.09 Å². The molecule has 138 valence electrons. The maximum absolute atomic E-state index is 12.2. The molecule has 0 aromatic heterocycles. The number of hydrogen-bond acceptors (Lipinski definition) is 7. The second-order valence-corrected chi connectivity index (χ2v) is 8.21. The summed E-state index contributed by atoms with van der Waals surface area (Å²) in [5.74, 6) is 0. The van der Waals surface area contributed by atoms with Gasteiger partial charge in [-0.25, -0.2) is 4.79 Å². The monoisotopic (exact) mass is 372 g/mol. The number of nitrogens with zero attached hydrogens (tertiary/aromatic N) is 2. The van der Waals surface area contributed by atoms with Crippen molar-refractivity contribution in [3.8, 4) is 0 Å². The highest BCUT2D eigenvalue weighted by molar-refractivity contribution is 7.86. The maximum Gasteiger partial charge on any atom is 0.410 e. The summed E-state index contributed by atoms with van der Waals surface area (Å²) in [5, 5.41) is 10.6. The third kappa shape index (κ3) is 5.13. The van der Waals surface area contributed by atoms with Crippen LogP contribution in [0.2, 0.25) is 0 Å². The Bertz CT molecular complexity index is 753. The zero-order chi connectivity index (χ0) is 18.8. The third-order valence-electron chi connectivity index (χ3n) is 3.40. The van der Waals surface area contributed by atoms with Gasteiger partial charge in [0.05, 0.1) is 22.5 Å². The predicted octanol–water partition coefficient (Wildman–Crippen LogP) is 2.31. The van der Waals surface area contributed by atoms with E-state index in [0.717, 1.165) is 24.3 Å². The van der Waals surface area contributed by atoms with Crippen molar-refractivity contribution in [3.63, 3.8) is 0 Å². The summed E-state index contributed by atoms with van der Waals surface area (Å²) in [4.78, 5) is 23.2. The summed E-state index contributed by atoms with van der Waals surface area (Å²) in [5.41, 5.74) is -0.850. The molecule has 9 nitrogen and oxygen atoms in total. The number of carbonyl (C=O) groups is 1. The number of ether oxygens (including phenoxy) is 1. The lowest BCUT2D eigenvalue weighted by Crippen LogP contribution is -2.36. The molecule has 1 aromatic carbocycles. The van der Waals surface area contributed by atoms with Crippen LogP contribution in [0.3, 0.4) is 0 Å². The Kier molecular flexibility index (Phi) is 5.33. The molecular formula is C15H20N2O7S. The van der Waals surface area contributed by atoms with Crippen LogP contribution in [0.25, 0.3) is 0 Å². The average molecular weight is 372 g/mol. The first kappa shape index (κ1) is 19.1. The van der Waals surface area contributed by atoms with Crippen molar-refractivity contribution in [1.29, 1.82) is 0 Å². The first-order valence-electron chi connectivity index (χ1n) is 7.63. The van der Waals surface area contributed by atoms with Crippen LogP contribution in [0, 0.1) is 10.1 Å². The van der Waals surface area contributed by atoms with E-state index >= 15 is 0 Å². The van der Waals surface area contributed by atoms with E-state index in [1.165, 1.54) is 4.90 Å². The van der Waals surface area contributed by atoms with Crippen LogP contribution in [-0.4, -0.2) is 49.1 Å². The second kappa shape index (κ2) is 6.96. The van der Waals surface area contributed by atoms with Crippen LogP contribution < -0.4 is 0 Å². The van der Waals surface area contributed by atoms with Gasteiger partial charge in [-0.1, -0.05) is 0 Å². The Morgan fingerprint density at radius 1 is 1.28 bits per heavy atom. The van der Waals surface area contributed by atoms with Crippen LogP contribution in [0.1, 0.15) is 27.2 Å². The molecule has 0 aliphatic carbocycles.